The van der Waals surface area contributed by atoms with Crippen LogP contribution in [0, 0.1) is 0 Å². The van der Waals surface area contributed by atoms with Crippen LogP contribution in [0.1, 0.15) is 20.9 Å². The molecule has 2 heterocycles. The molecule has 0 spiro atoms. The van der Waals surface area contributed by atoms with Crippen LogP contribution < -0.4 is 16.8 Å². The molecule has 0 bridgehead atoms. The van der Waals surface area contributed by atoms with Crippen LogP contribution >= 0.6 is 22.7 Å². The summed E-state index contributed by atoms with van der Waals surface area (Å²) in [5, 5.41) is 3.49. The summed E-state index contributed by atoms with van der Waals surface area (Å²) < 4.78 is 0. The minimum Gasteiger partial charge on any atom is -0.382 e. The van der Waals surface area contributed by atoms with Crippen molar-refractivity contribution < 1.29 is 0 Å². The molecule has 0 aliphatic heterocycles. The lowest BCUT2D eigenvalue weighted by atomic mass is 10.1. The summed E-state index contributed by atoms with van der Waals surface area (Å²) in [6, 6.07) is 16.2. The van der Waals surface area contributed by atoms with Crippen LogP contribution in [-0.2, 0) is 13.0 Å². The molecule has 0 atom stereocenters. The summed E-state index contributed by atoms with van der Waals surface area (Å²) >= 11 is 2.95. The van der Waals surface area contributed by atoms with Gasteiger partial charge >= 0.3 is 0 Å². The summed E-state index contributed by atoms with van der Waals surface area (Å²) in [7, 11) is 0. The second-order valence-electron chi connectivity index (χ2n) is 6.99. The topological polar surface area (TPSA) is 115 Å². The molecule has 0 aliphatic carbocycles. The molecular formula is C23H23N7S2. The molecule has 162 valence electrons. The second kappa shape index (κ2) is 10.8. The summed E-state index contributed by atoms with van der Waals surface area (Å²) in [5.74, 6) is 0.970. The summed E-state index contributed by atoms with van der Waals surface area (Å²) in [6.45, 7) is 1.59. The molecule has 0 amide bonds. The minimum absolute atomic E-state index is 0.483. The van der Waals surface area contributed by atoms with Crippen LogP contribution in [0.3, 0.4) is 0 Å². The molecule has 0 saturated carbocycles. The predicted octanol–water partition coefficient (Wildman–Crippen LogP) is 4.01. The van der Waals surface area contributed by atoms with Gasteiger partial charge in [-0.25, -0.2) is 9.98 Å². The maximum absolute atomic E-state index is 6.07. The first-order valence-corrected chi connectivity index (χ1v) is 11.8. The second-order valence-corrected chi connectivity index (χ2v) is 8.76. The predicted molar refractivity (Wildman–Crippen MR) is 133 cm³/mol. The highest BCUT2D eigenvalue weighted by Gasteiger charge is 2.03. The van der Waals surface area contributed by atoms with Gasteiger partial charge in [-0.3, -0.25) is 9.97 Å². The van der Waals surface area contributed by atoms with Gasteiger partial charge in [0.2, 0.25) is 0 Å². The highest BCUT2D eigenvalue weighted by atomic mass is 32.1. The number of benzene rings is 2. The summed E-state index contributed by atoms with van der Waals surface area (Å²) in [4.78, 5) is 18.8. The van der Waals surface area contributed by atoms with Crippen LogP contribution in [0.25, 0.3) is 0 Å². The molecule has 4 aromatic rings. The third kappa shape index (κ3) is 6.07. The number of nitrogens with one attached hydrogen (secondary N) is 1. The highest BCUT2D eigenvalue weighted by Crippen LogP contribution is 2.18. The maximum atomic E-state index is 6.07. The van der Waals surface area contributed by atoms with Crippen molar-refractivity contribution in [2.45, 2.75) is 13.0 Å². The summed E-state index contributed by atoms with van der Waals surface area (Å²) in [6.07, 6.45) is 4.34. The number of nitrogens with two attached hydrogens (primary N) is 2. The van der Waals surface area contributed by atoms with Crippen molar-refractivity contribution in [2.75, 3.05) is 6.54 Å². The first-order chi connectivity index (χ1) is 15.7. The van der Waals surface area contributed by atoms with Crippen molar-refractivity contribution in [3.8, 4) is 0 Å². The number of aromatic nitrogens is 2. The standard InChI is InChI=1S/C23H23N7S2/c24-22(20-12-27-14-31-20)29-18-5-1-3-16(9-18)7-8-26-11-17-4-2-6-19(10-17)30-23(25)21-13-28-15-32-21/h1-6,9-10,12-15,26H,7-8,11H2,(H2,24,29)(H2,25,30). The third-order valence-corrected chi connectivity index (χ3v) is 6.20. The number of hydrogen-bond donors (Lipinski definition) is 3. The normalized spacial score (nSPS) is 12.2. The van der Waals surface area contributed by atoms with Crippen molar-refractivity contribution in [3.63, 3.8) is 0 Å². The fraction of sp³-hybridized carbons (Fsp3) is 0.130. The van der Waals surface area contributed by atoms with Gasteiger partial charge in [0.1, 0.15) is 11.7 Å². The van der Waals surface area contributed by atoms with E-state index >= 15 is 0 Å². The van der Waals surface area contributed by atoms with Crippen LogP contribution in [0.4, 0.5) is 11.4 Å². The Morgan fingerprint density at radius 1 is 0.812 bits per heavy atom. The highest BCUT2D eigenvalue weighted by molar-refractivity contribution is 7.12. The van der Waals surface area contributed by atoms with Crippen molar-refractivity contribution in [1.82, 2.24) is 15.3 Å². The number of amidine groups is 2. The van der Waals surface area contributed by atoms with E-state index in [4.69, 9.17) is 11.5 Å². The molecule has 0 fully saturated rings. The van der Waals surface area contributed by atoms with E-state index in [0.717, 1.165) is 46.2 Å². The van der Waals surface area contributed by atoms with Crippen LogP contribution in [-0.4, -0.2) is 28.2 Å². The van der Waals surface area contributed by atoms with Gasteiger partial charge in [0, 0.05) is 18.9 Å². The molecular weight excluding hydrogens is 438 g/mol. The number of rotatable bonds is 9. The lowest BCUT2D eigenvalue weighted by Gasteiger charge is -2.07. The van der Waals surface area contributed by atoms with Gasteiger partial charge in [0.05, 0.1) is 32.2 Å². The van der Waals surface area contributed by atoms with Crippen LogP contribution in [0.5, 0.6) is 0 Å². The molecule has 9 heteroatoms. The smallest absolute Gasteiger partial charge is 0.143 e. The fourth-order valence-electron chi connectivity index (χ4n) is 3.06. The van der Waals surface area contributed by atoms with Gasteiger partial charge in [-0.1, -0.05) is 24.3 Å². The molecule has 5 N–H and O–H groups in total. The first kappa shape index (κ1) is 21.8. The van der Waals surface area contributed by atoms with E-state index in [9.17, 15) is 0 Å². The number of aliphatic imine (C=N–C) groups is 2. The Labute approximate surface area is 194 Å². The van der Waals surface area contributed by atoms with E-state index < -0.39 is 0 Å². The van der Waals surface area contributed by atoms with Gasteiger partial charge in [0.25, 0.3) is 0 Å². The monoisotopic (exact) mass is 461 g/mol. The zero-order valence-corrected chi connectivity index (χ0v) is 18.9. The zero-order valence-electron chi connectivity index (χ0n) is 17.3. The van der Waals surface area contributed by atoms with E-state index in [-0.39, 0.29) is 0 Å². The Morgan fingerprint density at radius 2 is 1.38 bits per heavy atom. The quantitative estimate of drug-likeness (QED) is 0.198. The van der Waals surface area contributed by atoms with E-state index in [1.165, 1.54) is 28.2 Å². The molecule has 32 heavy (non-hydrogen) atoms. The number of thiazole rings is 2. The van der Waals surface area contributed by atoms with Crippen molar-refractivity contribution in [1.29, 1.82) is 0 Å². The lowest BCUT2D eigenvalue weighted by molar-refractivity contribution is 0.687. The average Bonchev–Trinajstić information content (AvgIpc) is 3.52. The third-order valence-electron chi connectivity index (χ3n) is 4.61. The SMILES string of the molecule is NC(=Nc1cccc(CCNCc2cccc(N=C(N)c3cncs3)c2)c1)c1cncs1. The Balaban J connectivity index is 1.30. The van der Waals surface area contributed by atoms with Crippen molar-refractivity contribution in [3.05, 3.63) is 92.8 Å². The van der Waals surface area contributed by atoms with Crippen molar-refractivity contribution >= 4 is 45.7 Å². The van der Waals surface area contributed by atoms with E-state index in [2.05, 4.69) is 43.5 Å². The van der Waals surface area contributed by atoms with Gasteiger partial charge < -0.3 is 16.8 Å². The van der Waals surface area contributed by atoms with E-state index in [0.29, 0.717) is 11.7 Å². The first-order valence-electron chi connectivity index (χ1n) is 10.0. The molecule has 4 rings (SSSR count). The molecule has 0 radical (unpaired) electrons. The van der Waals surface area contributed by atoms with Crippen LogP contribution in [0.15, 0.2) is 81.9 Å². The van der Waals surface area contributed by atoms with Gasteiger partial charge in [-0.15, -0.1) is 22.7 Å². The molecule has 2 aromatic heterocycles. The summed E-state index contributed by atoms with van der Waals surface area (Å²) in [5.41, 5.74) is 19.7. The molecule has 0 unspecified atom stereocenters. The Morgan fingerprint density at radius 3 is 1.94 bits per heavy atom. The molecule has 0 aliphatic rings. The lowest BCUT2D eigenvalue weighted by Crippen LogP contribution is -2.16. The van der Waals surface area contributed by atoms with Gasteiger partial charge in [-0.2, -0.15) is 0 Å². The van der Waals surface area contributed by atoms with E-state index in [1.54, 1.807) is 23.4 Å². The average molecular weight is 462 g/mol. The fourth-order valence-corrected chi connectivity index (χ4v) is 4.10. The largest absolute Gasteiger partial charge is 0.382 e. The Bertz CT molecular complexity index is 1100. The van der Waals surface area contributed by atoms with E-state index in [1.807, 2.05) is 30.3 Å². The maximum Gasteiger partial charge on any atom is 0.143 e. The molecule has 7 nitrogen and oxygen atoms in total. The minimum atomic E-state index is 0.483. The van der Waals surface area contributed by atoms with Crippen LogP contribution in [0.2, 0.25) is 0 Å². The van der Waals surface area contributed by atoms with Gasteiger partial charge in [0.15, 0.2) is 0 Å². The zero-order chi connectivity index (χ0) is 22.2. The Hall–Kier alpha value is -3.40. The molecule has 0 saturated heterocycles. The Kier molecular flexibility index (Phi) is 7.34. The number of nitrogens with zero attached hydrogens (tertiary/aromatic N) is 4. The van der Waals surface area contributed by atoms with Crippen molar-refractivity contribution in [2.24, 2.45) is 21.5 Å². The number of hydrogen-bond acceptors (Lipinski definition) is 7. The van der Waals surface area contributed by atoms with Gasteiger partial charge in [-0.05, 0) is 48.4 Å². The molecule has 2 aromatic carbocycles.